The summed E-state index contributed by atoms with van der Waals surface area (Å²) in [6, 6.07) is 13.4. The number of fused-ring (bicyclic) bond motifs is 1. The van der Waals surface area contributed by atoms with Crippen LogP contribution in [-0.2, 0) is 4.79 Å². The number of benzene rings is 2. The number of carbonyl (C=O) groups excluding carboxylic acids is 1. The quantitative estimate of drug-likeness (QED) is 0.563. The average Bonchev–Trinajstić information content (AvgIpc) is 2.66. The number of ether oxygens (including phenoxy) is 2. The van der Waals surface area contributed by atoms with Gasteiger partial charge in [-0.25, -0.2) is 4.79 Å². The average molecular weight is 351 g/mol. The molecule has 0 fully saturated rings. The fraction of sp³-hybridized carbons (Fsp3) is 0.100. The Balaban J connectivity index is 1.75. The molecule has 6 nitrogen and oxygen atoms in total. The molecule has 0 radical (unpaired) electrons. The highest BCUT2D eigenvalue weighted by molar-refractivity contribution is 6.03. The summed E-state index contributed by atoms with van der Waals surface area (Å²) in [7, 11) is 3.13. The predicted octanol–water partition coefficient (Wildman–Crippen LogP) is 3.46. The molecule has 0 bridgehead atoms. The molecule has 0 saturated carbocycles. The summed E-state index contributed by atoms with van der Waals surface area (Å²) in [5.74, 6) is 0.986. The van der Waals surface area contributed by atoms with Crippen LogP contribution in [0.1, 0.15) is 5.56 Å². The Hall–Kier alpha value is -3.54. The molecule has 1 N–H and O–H groups in total. The number of anilines is 1. The Morgan fingerprint density at radius 1 is 1.04 bits per heavy atom. The third kappa shape index (κ3) is 3.92. The van der Waals surface area contributed by atoms with E-state index in [1.54, 1.807) is 62.8 Å². The second kappa shape index (κ2) is 7.57. The van der Waals surface area contributed by atoms with Gasteiger partial charge in [0.15, 0.2) is 0 Å². The standard InChI is InChI=1S/C20H17NO5/c1-24-16-7-3-13(18(12-16)25-2)4-9-19(22)21-15-6-8-17-14(11-15)5-10-20(23)26-17/h3-12H,1-2H3,(H,21,22). The zero-order valence-corrected chi connectivity index (χ0v) is 14.3. The molecular weight excluding hydrogens is 334 g/mol. The first-order chi connectivity index (χ1) is 12.6. The van der Waals surface area contributed by atoms with E-state index in [0.29, 0.717) is 22.8 Å². The SMILES string of the molecule is COc1ccc(C=CC(=O)Nc2ccc3oc(=O)ccc3c2)c(OC)c1. The molecule has 6 heteroatoms. The lowest BCUT2D eigenvalue weighted by Crippen LogP contribution is -2.07. The Bertz CT molecular complexity index is 1040. The first-order valence-electron chi connectivity index (χ1n) is 7.84. The Kier molecular flexibility index (Phi) is 5.03. The van der Waals surface area contributed by atoms with Crippen LogP contribution in [0, 0.1) is 0 Å². The molecule has 0 spiro atoms. The molecular formula is C20H17NO5. The van der Waals surface area contributed by atoms with Crippen LogP contribution < -0.4 is 20.4 Å². The van der Waals surface area contributed by atoms with Gasteiger partial charge in [0.2, 0.25) is 5.91 Å². The van der Waals surface area contributed by atoms with Gasteiger partial charge in [-0.15, -0.1) is 0 Å². The molecule has 3 aromatic rings. The molecule has 1 heterocycles. The fourth-order valence-electron chi connectivity index (χ4n) is 2.46. The maximum Gasteiger partial charge on any atom is 0.336 e. The number of nitrogens with one attached hydrogen (secondary N) is 1. The third-order valence-corrected chi connectivity index (χ3v) is 3.74. The van der Waals surface area contributed by atoms with Crippen LogP contribution >= 0.6 is 0 Å². The summed E-state index contributed by atoms with van der Waals surface area (Å²) in [5.41, 5.74) is 1.41. The largest absolute Gasteiger partial charge is 0.497 e. The van der Waals surface area contributed by atoms with Crippen LogP contribution in [-0.4, -0.2) is 20.1 Å². The van der Waals surface area contributed by atoms with Crippen molar-refractivity contribution in [2.24, 2.45) is 0 Å². The van der Waals surface area contributed by atoms with Crippen molar-refractivity contribution in [3.8, 4) is 11.5 Å². The van der Waals surface area contributed by atoms with Crippen LogP contribution in [0.15, 0.2) is 63.8 Å². The lowest BCUT2D eigenvalue weighted by molar-refractivity contribution is -0.111. The molecule has 0 atom stereocenters. The van der Waals surface area contributed by atoms with Crippen molar-refractivity contribution in [1.29, 1.82) is 0 Å². The van der Waals surface area contributed by atoms with Gasteiger partial charge in [0.25, 0.3) is 0 Å². The van der Waals surface area contributed by atoms with Crippen molar-refractivity contribution in [2.45, 2.75) is 0 Å². The summed E-state index contributed by atoms with van der Waals surface area (Å²) < 4.78 is 15.5. The topological polar surface area (TPSA) is 77.8 Å². The van der Waals surface area contributed by atoms with Gasteiger partial charge < -0.3 is 19.2 Å². The Morgan fingerprint density at radius 2 is 1.88 bits per heavy atom. The van der Waals surface area contributed by atoms with Crippen LogP contribution in [0.25, 0.3) is 17.0 Å². The minimum Gasteiger partial charge on any atom is -0.497 e. The summed E-state index contributed by atoms with van der Waals surface area (Å²) in [4.78, 5) is 23.4. The predicted molar refractivity (Wildman–Crippen MR) is 99.7 cm³/mol. The van der Waals surface area contributed by atoms with E-state index in [0.717, 1.165) is 10.9 Å². The van der Waals surface area contributed by atoms with E-state index in [4.69, 9.17) is 13.9 Å². The molecule has 26 heavy (non-hydrogen) atoms. The van der Waals surface area contributed by atoms with Gasteiger partial charge in [0.05, 0.1) is 14.2 Å². The summed E-state index contributed by atoms with van der Waals surface area (Å²) >= 11 is 0. The fourth-order valence-corrected chi connectivity index (χ4v) is 2.46. The highest BCUT2D eigenvalue weighted by Crippen LogP contribution is 2.25. The van der Waals surface area contributed by atoms with Crippen molar-refractivity contribution in [3.05, 3.63) is 70.6 Å². The van der Waals surface area contributed by atoms with Crippen molar-refractivity contribution >= 4 is 28.6 Å². The number of rotatable bonds is 5. The van der Waals surface area contributed by atoms with Crippen molar-refractivity contribution < 1.29 is 18.7 Å². The second-order valence-electron chi connectivity index (χ2n) is 5.44. The normalized spacial score (nSPS) is 10.8. The molecule has 0 aliphatic rings. The second-order valence-corrected chi connectivity index (χ2v) is 5.44. The summed E-state index contributed by atoms with van der Waals surface area (Å²) in [6.45, 7) is 0. The first kappa shape index (κ1) is 17.3. The van der Waals surface area contributed by atoms with Crippen molar-refractivity contribution in [3.63, 3.8) is 0 Å². The minimum absolute atomic E-state index is 0.292. The van der Waals surface area contributed by atoms with E-state index in [9.17, 15) is 9.59 Å². The Morgan fingerprint density at radius 3 is 2.65 bits per heavy atom. The highest BCUT2D eigenvalue weighted by atomic mass is 16.5. The number of methoxy groups -OCH3 is 2. The van der Waals surface area contributed by atoms with Gasteiger partial charge in [0, 0.05) is 34.8 Å². The van der Waals surface area contributed by atoms with E-state index in [1.165, 1.54) is 12.1 Å². The molecule has 132 valence electrons. The highest BCUT2D eigenvalue weighted by Gasteiger charge is 2.04. The zero-order valence-electron chi connectivity index (χ0n) is 14.3. The van der Waals surface area contributed by atoms with Crippen LogP contribution in [0.3, 0.4) is 0 Å². The Labute approximate surface area is 149 Å². The van der Waals surface area contributed by atoms with E-state index >= 15 is 0 Å². The number of hydrogen-bond donors (Lipinski definition) is 1. The van der Waals surface area contributed by atoms with Crippen LogP contribution in [0.5, 0.6) is 11.5 Å². The molecule has 0 unspecified atom stereocenters. The van der Waals surface area contributed by atoms with Gasteiger partial charge in [-0.1, -0.05) is 0 Å². The van der Waals surface area contributed by atoms with Crippen LogP contribution in [0.2, 0.25) is 0 Å². The van der Waals surface area contributed by atoms with Gasteiger partial charge in [-0.2, -0.15) is 0 Å². The molecule has 0 aliphatic heterocycles. The maximum atomic E-state index is 12.2. The van der Waals surface area contributed by atoms with Crippen LogP contribution in [0.4, 0.5) is 5.69 Å². The smallest absolute Gasteiger partial charge is 0.336 e. The van der Waals surface area contributed by atoms with Gasteiger partial charge in [0.1, 0.15) is 17.1 Å². The van der Waals surface area contributed by atoms with E-state index in [1.807, 2.05) is 0 Å². The third-order valence-electron chi connectivity index (χ3n) is 3.74. The molecule has 1 amide bonds. The molecule has 0 aliphatic carbocycles. The van der Waals surface area contributed by atoms with Crippen molar-refractivity contribution in [2.75, 3.05) is 19.5 Å². The number of carbonyl (C=O) groups is 1. The molecule has 0 saturated heterocycles. The summed E-state index contributed by atoms with van der Waals surface area (Å²) in [5, 5.41) is 3.49. The monoisotopic (exact) mass is 351 g/mol. The molecule has 1 aromatic heterocycles. The van der Waals surface area contributed by atoms with E-state index in [2.05, 4.69) is 5.32 Å². The van der Waals surface area contributed by atoms with Crippen molar-refractivity contribution in [1.82, 2.24) is 0 Å². The summed E-state index contributed by atoms with van der Waals surface area (Å²) in [6.07, 6.45) is 3.08. The molecule has 3 rings (SSSR count). The maximum absolute atomic E-state index is 12.2. The van der Waals surface area contributed by atoms with E-state index in [-0.39, 0.29) is 5.91 Å². The van der Waals surface area contributed by atoms with Gasteiger partial charge in [-0.3, -0.25) is 4.79 Å². The van der Waals surface area contributed by atoms with Gasteiger partial charge in [-0.05, 0) is 42.5 Å². The first-order valence-corrected chi connectivity index (χ1v) is 7.84. The number of hydrogen-bond acceptors (Lipinski definition) is 5. The van der Waals surface area contributed by atoms with Gasteiger partial charge >= 0.3 is 5.63 Å². The molecule has 2 aromatic carbocycles. The lowest BCUT2D eigenvalue weighted by Gasteiger charge is -2.07. The minimum atomic E-state index is -0.411. The zero-order chi connectivity index (χ0) is 18.5. The number of amides is 1. The van der Waals surface area contributed by atoms with E-state index < -0.39 is 5.63 Å². The lowest BCUT2D eigenvalue weighted by atomic mass is 10.1.